The fourth-order valence-corrected chi connectivity index (χ4v) is 4.23. The highest BCUT2D eigenvalue weighted by atomic mass is 35.5. The summed E-state index contributed by atoms with van der Waals surface area (Å²) in [6.45, 7) is 2.29. The van der Waals surface area contributed by atoms with Gasteiger partial charge in [-0.25, -0.2) is 18.7 Å². The number of imide groups is 1. The Morgan fingerprint density at radius 1 is 1.03 bits per heavy atom. The van der Waals surface area contributed by atoms with E-state index >= 15 is 0 Å². The molecule has 2 aromatic carbocycles. The van der Waals surface area contributed by atoms with Gasteiger partial charge < -0.3 is 4.74 Å². The first kappa shape index (κ1) is 23.3. The van der Waals surface area contributed by atoms with Crippen LogP contribution in [0.5, 0.6) is 0 Å². The Labute approximate surface area is 198 Å². The van der Waals surface area contributed by atoms with E-state index in [2.05, 4.69) is 4.98 Å². The van der Waals surface area contributed by atoms with E-state index in [-0.39, 0.29) is 15.9 Å². The summed E-state index contributed by atoms with van der Waals surface area (Å²) in [5.41, 5.74) is 0.132. The van der Waals surface area contributed by atoms with Crippen LogP contribution >= 0.6 is 23.2 Å². The molecule has 33 heavy (non-hydrogen) atoms. The smallest absolute Gasteiger partial charge is 0.271 e. The number of benzene rings is 2. The molecule has 1 aromatic heterocycles. The summed E-state index contributed by atoms with van der Waals surface area (Å²) in [6, 6.07) is 9.12. The number of aromatic nitrogens is 1. The topological polar surface area (TPSA) is 59.5 Å². The van der Waals surface area contributed by atoms with Crippen LogP contribution in [0.15, 0.2) is 48.7 Å². The maximum absolute atomic E-state index is 14.7. The number of pyridine rings is 1. The Bertz CT molecular complexity index is 1140. The highest BCUT2D eigenvalue weighted by Crippen LogP contribution is 2.37. The molecular weight excluding hydrogens is 473 g/mol. The summed E-state index contributed by atoms with van der Waals surface area (Å²) in [5, 5.41) is -0.411. The average molecular weight is 491 g/mol. The van der Waals surface area contributed by atoms with Gasteiger partial charge in [0.25, 0.3) is 11.8 Å². The van der Waals surface area contributed by atoms with Crippen LogP contribution in [0.2, 0.25) is 10.0 Å². The molecule has 4 rings (SSSR count). The fraction of sp³-hybridized carbons (Fsp3) is 0.208. The van der Waals surface area contributed by atoms with Gasteiger partial charge in [-0.1, -0.05) is 35.3 Å². The van der Waals surface area contributed by atoms with Crippen LogP contribution in [0, 0.1) is 18.6 Å². The second-order valence-electron chi connectivity index (χ2n) is 7.57. The summed E-state index contributed by atoms with van der Waals surface area (Å²) in [7, 11) is 0. The van der Waals surface area contributed by atoms with Crippen molar-refractivity contribution in [2.45, 2.75) is 25.9 Å². The van der Waals surface area contributed by atoms with Crippen LogP contribution in [0.3, 0.4) is 0 Å². The normalized spacial score (nSPS) is 15.5. The zero-order valence-corrected chi connectivity index (χ0v) is 19.0. The zero-order chi connectivity index (χ0) is 23.7. The van der Waals surface area contributed by atoms with Crippen molar-refractivity contribution >= 4 is 40.8 Å². The fourth-order valence-electron chi connectivity index (χ4n) is 3.74. The van der Waals surface area contributed by atoms with Crippen molar-refractivity contribution in [3.63, 3.8) is 0 Å². The standard InChI is InChI=1S/C24H18Cl2F2N2O3/c1-13-11-14(19-9-4-10-33-19)22(29-12-13)30(23(31)20-15(25)5-2-7-17(20)27)24(32)21-16(26)6-3-8-18(21)28/h2-3,5-8,11-12,19H,4,9-10H2,1H3. The van der Waals surface area contributed by atoms with E-state index < -0.39 is 40.7 Å². The molecular formula is C24H18Cl2F2N2O3. The van der Waals surface area contributed by atoms with Crippen molar-refractivity contribution in [1.29, 1.82) is 0 Å². The molecule has 3 aromatic rings. The Hall–Kier alpha value is -2.87. The number of nitrogens with zero attached hydrogens (tertiary/aromatic N) is 2. The Morgan fingerprint density at radius 3 is 2.09 bits per heavy atom. The monoisotopic (exact) mass is 490 g/mol. The molecule has 170 valence electrons. The predicted octanol–water partition coefficient (Wildman–Crippen LogP) is 6.31. The molecule has 0 spiro atoms. The van der Waals surface area contributed by atoms with E-state index in [1.165, 1.54) is 30.5 Å². The van der Waals surface area contributed by atoms with E-state index in [1.54, 1.807) is 13.0 Å². The largest absolute Gasteiger partial charge is 0.373 e. The third-order valence-corrected chi connectivity index (χ3v) is 5.91. The quantitative estimate of drug-likeness (QED) is 0.401. The number of aryl methyl sites for hydroxylation is 1. The lowest BCUT2D eigenvalue weighted by Gasteiger charge is -2.25. The molecule has 1 fully saturated rings. The molecule has 1 aliphatic heterocycles. The van der Waals surface area contributed by atoms with Crippen LogP contribution in [-0.4, -0.2) is 23.4 Å². The molecule has 0 aliphatic carbocycles. The number of halogens is 4. The molecule has 0 saturated carbocycles. The van der Waals surface area contributed by atoms with Gasteiger partial charge in [-0.15, -0.1) is 0 Å². The number of carbonyl (C=O) groups is 2. The third kappa shape index (κ3) is 4.49. The van der Waals surface area contributed by atoms with Gasteiger partial charge in [0.1, 0.15) is 17.5 Å². The SMILES string of the molecule is Cc1cnc(N(C(=O)c2c(F)cccc2Cl)C(=O)c2c(F)cccc2Cl)c(C2CCCO2)c1. The zero-order valence-electron chi connectivity index (χ0n) is 17.4. The number of anilines is 1. The van der Waals surface area contributed by atoms with Gasteiger partial charge in [0.05, 0.1) is 27.3 Å². The summed E-state index contributed by atoms with van der Waals surface area (Å²) in [6.07, 6.45) is 2.42. The highest BCUT2D eigenvalue weighted by Gasteiger charge is 2.36. The van der Waals surface area contributed by atoms with E-state index in [9.17, 15) is 18.4 Å². The van der Waals surface area contributed by atoms with Crippen LogP contribution < -0.4 is 4.90 Å². The molecule has 1 saturated heterocycles. The van der Waals surface area contributed by atoms with Gasteiger partial charge in [-0.2, -0.15) is 0 Å². The van der Waals surface area contributed by atoms with Gasteiger partial charge in [0.2, 0.25) is 0 Å². The lowest BCUT2D eigenvalue weighted by atomic mass is 10.0. The number of amides is 2. The van der Waals surface area contributed by atoms with E-state index in [0.717, 1.165) is 24.1 Å². The van der Waals surface area contributed by atoms with Crippen LogP contribution in [0.25, 0.3) is 0 Å². The second-order valence-corrected chi connectivity index (χ2v) is 8.38. The van der Waals surface area contributed by atoms with Crippen molar-refractivity contribution in [3.05, 3.63) is 92.6 Å². The lowest BCUT2D eigenvalue weighted by molar-refractivity contribution is 0.0888. The van der Waals surface area contributed by atoms with Crippen molar-refractivity contribution in [1.82, 2.24) is 4.98 Å². The van der Waals surface area contributed by atoms with Crippen molar-refractivity contribution < 1.29 is 23.1 Å². The summed E-state index contributed by atoms with van der Waals surface area (Å²) >= 11 is 12.2. The maximum atomic E-state index is 14.7. The molecule has 0 bridgehead atoms. The molecule has 2 heterocycles. The van der Waals surface area contributed by atoms with Crippen molar-refractivity contribution in [2.24, 2.45) is 0 Å². The summed E-state index contributed by atoms with van der Waals surface area (Å²) in [5.74, 6) is -4.16. The number of ether oxygens (including phenoxy) is 1. The van der Waals surface area contributed by atoms with Gasteiger partial charge in [0.15, 0.2) is 0 Å². The Balaban J connectivity index is 1.95. The molecule has 1 unspecified atom stereocenters. The van der Waals surface area contributed by atoms with Gasteiger partial charge >= 0.3 is 0 Å². The first-order valence-electron chi connectivity index (χ1n) is 10.1. The van der Waals surface area contributed by atoms with Crippen molar-refractivity contribution in [3.8, 4) is 0 Å². The minimum Gasteiger partial charge on any atom is -0.373 e. The van der Waals surface area contributed by atoms with Crippen LogP contribution in [0.4, 0.5) is 14.6 Å². The molecule has 5 nitrogen and oxygen atoms in total. The van der Waals surface area contributed by atoms with E-state index in [0.29, 0.717) is 23.5 Å². The maximum Gasteiger partial charge on any atom is 0.271 e. The Kier molecular flexibility index (Phi) is 6.74. The average Bonchev–Trinajstić information content (AvgIpc) is 3.29. The van der Waals surface area contributed by atoms with Crippen LogP contribution in [0.1, 0.15) is 50.8 Å². The molecule has 1 atom stereocenters. The van der Waals surface area contributed by atoms with E-state index in [1.807, 2.05) is 0 Å². The molecule has 9 heteroatoms. The highest BCUT2D eigenvalue weighted by molar-refractivity contribution is 6.39. The second kappa shape index (κ2) is 9.55. The molecule has 0 radical (unpaired) electrons. The number of carbonyl (C=O) groups excluding carboxylic acids is 2. The summed E-state index contributed by atoms with van der Waals surface area (Å²) < 4.78 is 35.1. The Morgan fingerprint density at radius 2 is 1.61 bits per heavy atom. The first-order chi connectivity index (χ1) is 15.8. The minimum atomic E-state index is -1.10. The number of hydrogen-bond donors (Lipinski definition) is 0. The van der Waals surface area contributed by atoms with Gasteiger partial charge in [-0.05, 0) is 55.7 Å². The number of hydrogen-bond acceptors (Lipinski definition) is 4. The molecule has 2 amide bonds. The van der Waals surface area contributed by atoms with E-state index in [4.69, 9.17) is 27.9 Å². The summed E-state index contributed by atoms with van der Waals surface area (Å²) in [4.78, 5) is 32.1. The molecule has 0 N–H and O–H groups in total. The third-order valence-electron chi connectivity index (χ3n) is 5.28. The first-order valence-corrected chi connectivity index (χ1v) is 10.9. The van der Waals surface area contributed by atoms with Gasteiger partial charge in [-0.3, -0.25) is 9.59 Å². The van der Waals surface area contributed by atoms with Gasteiger partial charge in [0, 0.05) is 18.4 Å². The predicted molar refractivity (Wildman–Crippen MR) is 121 cm³/mol. The van der Waals surface area contributed by atoms with Crippen molar-refractivity contribution in [2.75, 3.05) is 11.5 Å². The minimum absolute atomic E-state index is 0.0962. The lowest BCUT2D eigenvalue weighted by Crippen LogP contribution is -2.40. The van der Waals surface area contributed by atoms with Crippen LogP contribution in [-0.2, 0) is 4.74 Å². The molecule has 1 aliphatic rings. The number of rotatable bonds is 4.